The van der Waals surface area contributed by atoms with Crippen molar-refractivity contribution in [1.82, 2.24) is 15.1 Å². The Hall–Kier alpha value is -1.81. The first kappa shape index (κ1) is 13.6. The van der Waals surface area contributed by atoms with Crippen molar-refractivity contribution in [2.24, 2.45) is 0 Å². The van der Waals surface area contributed by atoms with Gasteiger partial charge in [0.05, 0.1) is 13.7 Å². The maximum atomic E-state index is 5.37. The van der Waals surface area contributed by atoms with Crippen LogP contribution in [0.25, 0.3) is 0 Å². The highest BCUT2D eigenvalue weighted by atomic mass is 16.5. The van der Waals surface area contributed by atoms with Crippen LogP contribution in [0.15, 0.2) is 42.7 Å². The molecule has 0 aliphatic rings. The molecule has 0 saturated heterocycles. The second-order valence-electron chi connectivity index (χ2n) is 4.64. The molecule has 0 aliphatic carbocycles. The van der Waals surface area contributed by atoms with E-state index < -0.39 is 0 Å². The molecule has 1 heterocycles. The molecule has 1 unspecified atom stereocenters. The number of ether oxygens (including phenoxy) is 1. The van der Waals surface area contributed by atoms with Crippen LogP contribution in [0.3, 0.4) is 0 Å². The molecule has 1 aromatic carbocycles. The van der Waals surface area contributed by atoms with Gasteiger partial charge in [-0.2, -0.15) is 5.10 Å². The van der Waals surface area contributed by atoms with Gasteiger partial charge < -0.3 is 10.1 Å². The van der Waals surface area contributed by atoms with Crippen LogP contribution in [0.1, 0.15) is 12.5 Å². The fourth-order valence-corrected chi connectivity index (χ4v) is 2.13. The highest BCUT2D eigenvalue weighted by Gasteiger charge is 2.07. The number of benzene rings is 1. The maximum Gasteiger partial charge on any atom is 0.122 e. The van der Waals surface area contributed by atoms with E-state index in [9.17, 15) is 0 Å². The molecular weight excluding hydrogens is 238 g/mol. The third-order valence-corrected chi connectivity index (χ3v) is 3.11. The predicted octanol–water partition coefficient (Wildman–Crippen LogP) is 2.11. The normalized spacial score (nSPS) is 12.3. The monoisotopic (exact) mass is 259 g/mol. The molecule has 1 aromatic heterocycles. The van der Waals surface area contributed by atoms with Crippen LogP contribution < -0.4 is 10.1 Å². The lowest BCUT2D eigenvalue weighted by Crippen LogP contribution is -2.31. The minimum absolute atomic E-state index is 0.409. The van der Waals surface area contributed by atoms with Crippen molar-refractivity contribution in [2.75, 3.05) is 13.7 Å². The Bertz CT molecular complexity index is 482. The van der Waals surface area contributed by atoms with E-state index in [0.29, 0.717) is 6.04 Å². The van der Waals surface area contributed by atoms with Crippen molar-refractivity contribution >= 4 is 0 Å². The number of para-hydroxylation sites is 1. The Labute approximate surface area is 114 Å². The lowest BCUT2D eigenvalue weighted by atomic mass is 10.1. The van der Waals surface area contributed by atoms with E-state index in [0.717, 1.165) is 25.3 Å². The number of hydrogen-bond acceptors (Lipinski definition) is 3. The summed E-state index contributed by atoms with van der Waals surface area (Å²) in [5, 5.41) is 7.69. The fraction of sp³-hybridized carbons (Fsp3) is 0.400. The molecule has 0 radical (unpaired) electrons. The van der Waals surface area contributed by atoms with E-state index in [1.54, 1.807) is 13.3 Å². The first-order valence-corrected chi connectivity index (χ1v) is 6.62. The molecule has 0 fully saturated rings. The van der Waals surface area contributed by atoms with E-state index in [-0.39, 0.29) is 0 Å². The molecule has 0 bridgehead atoms. The van der Waals surface area contributed by atoms with E-state index in [2.05, 4.69) is 23.4 Å². The van der Waals surface area contributed by atoms with Gasteiger partial charge in [-0.15, -0.1) is 0 Å². The zero-order valence-electron chi connectivity index (χ0n) is 11.5. The molecule has 19 heavy (non-hydrogen) atoms. The smallest absolute Gasteiger partial charge is 0.122 e. The summed E-state index contributed by atoms with van der Waals surface area (Å²) in [7, 11) is 1.72. The molecule has 0 spiro atoms. The zero-order chi connectivity index (χ0) is 13.5. The van der Waals surface area contributed by atoms with Crippen molar-refractivity contribution in [3.63, 3.8) is 0 Å². The van der Waals surface area contributed by atoms with Crippen molar-refractivity contribution in [3.05, 3.63) is 48.3 Å². The van der Waals surface area contributed by atoms with Gasteiger partial charge in [0.1, 0.15) is 5.75 Å². The van der Waals surface area contributed by atoms with Crippen LogP contribution in [0.4, 0.5) is 0 Å². The van der Waals surface area contributed by atoms with E-state index in [1.807, 2.05) is 35.1 Å². The number of aromatic nitrogens is 2. The number of rotatable bonds is 7. The zero-order valence-corrected chi connectivity index (χ0v) is 11.5. The van der Waals surface area contributed by atoms with Crippen LogP contribution >= 0.6 is 0 Å². The van der Waals surface area contributed by atoms with Gasteiger partial charge in [0, 0.05) is 25.0 Å². The lowest BCUT2D eigenvalue weighted by molar-refractivity contribution is 0.405. The van der Waals surface area contributed by atoms with Gasteiger partial charge in [-0.1, -0.05) is 18.2 Å². The molecule has 1 atom stereocenters. The van der Waals surface area contributed by atoms with E-state index in [4.69, 9.17) is 4.74 Å². The minimum Gasteiger partial charge on any atom is -0.496 e. The average molecular weight is 259 g/mol. The first-order chi connectivity index (χ1) is 9.29. The summed E-state index contributed by atoms with van der Waals surface area (Å²) in [5.41, 5.74) is 1.24. The molecule has 0 amide bonds. The Balaban J connectivity index is 1.79. The van der Waals surface area contributed by atoms with Crippen LogP contribution in [-0.4, -0.2) is 29.5 Å². The van der Waals surface area contributed by atoms with Gasteiger partial charge in [-0.3, -0.25) is 4.68 Å². The van der Waals surface area contributed by atoms with Crippen molar-refractivity contribution in [1.29, 1.82) is 0 Å². The summed E-state index contributed by atoms with van der Waals surface area (Å²) in [5.74, 6) is 0.961. The summed E-state index contributed by atoms with van der Waals surface area (Å²) in [4.78, 5) is 0. The molecule has 4 heteroatoms. The molecule has 0 saturated carbocycles. The fourth-order valence-electron chi connectivity index (χ4n) is 2.13. The number of nitrogens with zero attached hydrogens (tertiary/aromatic N) is 2. The maximum absolute atomic E-state index is 5.37. The summed E-state index contributed by atoms with van der Waals surface area (Å²) in [6.07, 6.45) is 4.74. The standard InChI is InChI=1S/C15H21N3O/c1-13(16-9-11-18-10-5-8-17-18)12-14-6-3-4-7-15(14)19-2/h3-8,10,13,16H,9,11-12H2,1-2H3. The Morgan fingerprint density at radius 3 is 2.89 bits per heavy atom. The Morgan fingerprint density at radius 1 is 1.32 bits per heavy atom. The molecule has 4 nitrogen and oxygen atoms in total. The van der Waals surface area contributed by atoms with Gasteiger partial charge >= 0.3 is 0 Å². The van der Waals surface area contributed by atoms with Gasteiger partial charge in [-0.05, 0) is 31.0 Å². The average Bonchev–Trinajstić information content (AvgIpc) is 2.92. The number of methoxy groups -OCH3 is 1. The molecule has 2 aromatic rings. The highest BCUT2D eigenvalue weighted by molar-refractivity contribution is 5.33. The first-order valence-electron chi connectivity index (χ1n) is 6.62. The molecule has 0 aliphatic heterocycles. The highest BCUT2D eigenvalue weighted by Crippen LogP contribution is 2.18. The van der Waals surface area contributed by atoms with Crippen LogP contribution in [0.2, 0.25) is 0 Å². The summed E-state index contributed by atoms with van der Waals surface area (Å²) in [6.45, 7) is 4.00. The van der Waals surface area contributed by atoms with E-state index in [1.165, 1.54) is 5.56 Å². The molecule has 2 rings (SSSR count). The van der Waals surface area contributed by atoms with Crippen molar-refractivity contribution in [2.45, 2.75) is 25.9 Å². The van der Waals surface area contributed by atoms with E-state index >= 15 is 0 Å². The predicted molar refractivity (Wildman–Crippen MR) is 76.4 cm³/mol. The van der Waals surface area contributed by atoms with Gasteiger partial charge in [0.2, 0.25) is 0 Å². The topological polar surface area (TPSA) is 39.1 Å². The molecule has 1 N–H and O–H groups in total. The van der Waals surface area contributed by atoms with Gasteiger partial charge in [0.25, 0.3) is 0 Å². The third-order valence-electron chi connectivity index (χ3n) is 3.11. The van der Waals surface area contributed by atoms with Crippen molar-refractivity contribution < 1.29 is 4.74 Å². The van der Waals surface area contributed by atoms with Crippen LogP contribution in [0.5, 0.6) is 5.75 Å². The van der Waals surface area contributed by atoms with Gasteiger partial charge in [-0.25, -0.2) is 0 Å². The minimum atomic E-state index is 0.409. The summed E-state index contributed by atoms with van der Waals surface area (Å²) < 4.78 is 7.30. The molecular formula is C15H21N3O. The number of hydrogen-bond donors (Lipinski definition) is 1. The van der Waals surface area contributed by atoms with Gasteiger partial charge in [0.15, 0.2) is 0 Å². The summed E-state index contributed by atoms with van der Waals surface area (Å²) in [6, 6.07) is 10.5. The molecule has 102 valence electrons. The third kappa shape index (κ3) is 4.10. The second-order valence-corrected chi connectivity index (χ2v) is 4.64. The second kappa shape index (κ2) is 6.95. The number of nitrogens with one attached hydrogen (secondary N) is 1. The SMILES string of the molecule is COc1ccccc1CC(C)NCCn1cccn1. The quantitative estimate of drug-likeness (QED) is 0.827. The van der Waals surface area contributed by atoms with Crippen LogP contribution in [-0.2, 0) is 13.0 Å². The Kier molecular flexibility index (Phi) is 4.98. The van der Waals surface area contributed by atoms with Crippen LogP contribution in [0, 0.1) is 0 Å². The van der Waals surface area contributed by atoms with Crippen molar-refractivity contribution in [3.8, 4) is 5.75 Å². The summed E-state index contributed by atoms with van der Waals surface area (Å²) >= 11 is 0. The lowest BCUT2D eigenvalue weighted by Gasteiger charge is -2.15. The largest absolute Gasteiger partial charge is 0.496 e. The Morgan fingerprint density at radius 2 is 2.16 bits per heavy atom.